The van der Waals surface area contributed by atoms with E-state index in [-0.39, 0.29) is 0 Å². The molecule has 0 aromatic carbocycles. The van der Waals surface area contributed by atoms with Gasteiger partial charge in [0.2, 0.25) is 6.41 Å². The highest BCUT2D eigenvalue weighted by Crippen LogP contribution is 2.09. The molecular weight excluding hydrogens is 150 g/mol. The van der Waals surface area contributed by atoms with Crippen LogP contribution in [0.3, 0.4) is 0 Å². The molecule has 66 valence electrons. The van der Waals surface area contributed by atoms with Crippen LogP contribution in [0.5, 0.6) is 0 Å². The van der Waals surface area contributed by atoms with E-state index in [1.165, 1.54) is 0 Å². The molecule has 0 atom stereocenters. The SMILES string of the molecule is C=C/C(C)=C(\C=C)CCNC=O. The number of amides is 1. The first-order valence-electron chi connectivity index (χ1n) is 3.88. The predicted molar refractivity (Wildman–Crippen MR) is 51.8 cm³/mol. The van der Waals surface area contributed by atoms with Crippen molar-refractivity contribution in [3.8, 4) is 0 Å². The van der Waals surface area contributed by atoms with Crippen molar-refractivity contribution in [3.05, 3.63) is 36.5 Å². The van der Waals surface area contributed by atoms with Crippen LogP contribution in [0.1, 0.15) is 13.3 Å². The molecule has 0 spiro atoms. The molecule has 12 heavy (non-hydrogen) atoms. The molecule has 0 aromatic rings. The van der Waals surface area contributed by atoms with Crippen molar-refractivity contribution in [2.45, 2.75) is 13.3 Å². The molecule has 0 heterocycles. The summed E-state index contributed by atoms with van der Waals surface area (Å²) in [5, 5.41) is 2.60. The van der Waals surface area contributed by atoms with Gasteiger partial charge < -0.3 is 5.32 Å². The molecule has 0 saturated carbocycles. The fourth-order valence-corrected chi connectivity index (χ4v) is 0.857. The van der Waals surface area contributed by atoms with Crippen LogP contribution in [0, 0.1) is 0 Å². The summed E-state index contributed by atoms with van der Waals surface area (Å²) in [4.78, 5) is 9.94. The number of hydrogen-bond acceptors (Lipinski definition) is 1. The monoisotopic (exact) mass is 165 g/mol. The number of nitrogens with one attached hydrogen (secondary N) is 1. The van der Waals surface area contributed by atoms with Crippen LogP contribution in [0.2, 0.25) is 0 Å². The van der Waals surface area contributed by atoms with Gasteiger partial charge in [-0.3, -0.25) is 4.79 Å². The van der Waals surface area contributed by atoms with Crippen molar-refractivity contribution in [3.63, 3.8) is 0 Å². The Morgan fingerprint density at radius 3 is 2.50 bits per heavy atom. The maximum absolute atomic E-state index is 9.94. The molecule has 2 nitrogen and oxygen atoms in total. The first kappa shape index (κ1) is 10.7. The topological polar surface area (TPSA) is 29.1 Å². The molecule has 2 heteroatoms. The third-order valence-corrected chi connectivity index (χ3v) is 1.68. The van der Waals surface area contributed by atoms with E-state index in [1.807, 2.05) is 6.92 Å². The molecule has 0 fully saturated rings. The highest BCUT2D eigenvalue weighted by molar-refractivity contribution is 5.46. The minimum absolute atomic E-state index is 0.649. The molecule has 1 N–H and O–H groups in total. The quantitative estimate of drug-likeness (QED) is 0.363. The van der Waals surface area contributed by atoms with E-state index in [2.05, 4.69) is 18.5 Å². The lowest BCUT2D eigenvalue weighted by molar-refractivity contribution is -0.109. The van der Waals surface area contributed by atoms with Gasteiger partial charge in [-0.2, -0.15) is 0 Å². The molecular formula is C10H15NO. The first-order chi connectivity index (χ1) is 5.76. The minimum Gasteiger partial charge on any atom is -0.358 e. The lowest BCUT2D eigenvalue weighted by atomic mass is 10.1. The van der Waals surface area contributed by atoms with Crippen molar-refractivity contribution in [2.24, 2.45) is 0 Å². The van der Waals surface area contributed by atoms with E-state index in [0.29, 0.717) is 13.0 Å². The maximum atomic E-state index is 9.94. The third kappa shape index (κ3) is 3.76. The Morgan fingerprint density at radius 2 is 2.08 bits per heavy atom. The summed E-state index contributed by atoms with van der Waals surface area (Å²) in [6.07, 6.45) is 5.09. The summed E-state index contributed by atoms with van der Waals surface area (Å²) in [5.41, 5.74) is 2.23. The molecule has 0 aromatic heterocycles. The van der Waals surface area contributed by atoms with Crippen molar-refractivity contribution < 1.29 is 4.79 Å². The van der Waals surface area contributed by atoms with Crippen LogP contribution in [-0.4, -0.2) is 13.0 Å². The minimum atomic E-state index is 0.649. The Hall–Kier alpha value is -1.31. The highest BCUT2D eigenvalue weighted by Gasteiger charge is 1.94. The summed E-state index contributed by atoms with van der Waals surface area (Å²) in [5.74, 6) is 0. The van der Waals surface area contributed by atoms with Crippen molar-refractivity contribution in [2.75, 3.05) is 6.54 Å². The van der Waals surface area contributed by atoms with E-state index in [1.54, 1.807) is 12.2 Å². The highest BCUT2D eigenvalue weighted by atomic mass is 16.1. The molecule has 1 amide bonds. The second kappa shape index (κ2) is 6.40. The number of carbonyl (C=O) groups excluding carboxylic acids is 1. The fourth-order valence-electron chi connectivity index (χ4n) is 0.857. The number of hydrogen-bond donors (Lipinski definition) is 1. The van der Waals surface area contributed by atoms with E-state index in [9.17, 15) is 4.79 Å². The summed E-state index contributed by atoms with van der Waals surface area (Å²) in [7, 11) is 0. The van der Waals surface area contributed by atoms with Gasteiger partial charge in [-0.15, -0.1) is 0 Å². The maximum Gasteiger partial charge on any atom is 0.207 e. The fraction of sp³-hybridized carbons (Fsp3) is 0.300. The molecule has 0 rings (SSSR count). The Labute approximate surface area is 73.7 Å². The van der Waals surface area contributed by atoms with Crippen molar-refractivity contribution in [1.82, 2.24) is 5.32 Å². The van der Waals surface area contributed by atoms with Gasteiger partial charge in [0, 0.05) is 6.54 Å². The van der Waals surface area contributed by atoms with Gasteiger partial charge in [-0.05, 0) is 24.5 Å². The molecule has 0 saturated heterocycles. The van der Waals surface area contributed by atoms with Gasteiger partial charge in [-0.25, -0.2) is 0 Å². The summed E-state index contributed by atoms with van der Waals surface area (Å²) < 4.78 is 0. The smallest absolute Gasteiger partial charge is 0.207 e. The van der Waals surface area contributed by atoms with Gasteiger partial charge in [0.25, 0.3) is 0 Å². The average molecular weight is 165 g/mol. The van der Waals surface area contributed by atoms with Crippen LogP contribution in [-0.2, 0) is 4.79 Å². The molecule has 0 radical (unpaired) electrons. The van der Waals surface area contributed by atoms with Crippen molar-refractivity contribution >= 4 is 6.41 Å². The zero-order valence-electron chi connectivity index (χ0n) is 7.47. The zero-order chi connectivity index (χ0) is 9.40. The van der Waals surface area contributed by atoms with Crippen LogP contribution in [0.4, 0.5) is 0 Å². The molecule has 0 aliphatic heterocycles. The normalized spacial score (nSPS) is 11.4. The Balaban J connectivity index is 4.07. The molecule has 0 aliphatic carbocycles. The number of rotatable bonds is 6. The second-order valence-electron chi connectivity index (χ2n) is 2.44. The summed E-state index contributed by atoms with van der Waals surface area (Å²) >= 11 is 0. The third-order valence-electron chi connectivity index (χ3n) is 1.68. The Kier molecular flexibility index (Phi) is 5.70. The van der Waals surface area contributed by atoms with E-state index in [0.717, 1.165) is 17.6 Å². The molecule has 0 unspecified atom stereocenters. The average Bonchev–Trinajstić information content (AvgIpc) is 2.11. The molecule has 0 bridgehead atoms. The largest absolute Gasteiger partial charge is 0.358 e. The lowest BCUT2D eigenvalue weighted by Gasteiger charge is -2.03. The molecule has 0 aliphatic rings. The van der Waals surface area contributed by atoms with E-state index < -0.39 is 0 Å². The van der Waals surface area contributed by atoms with Gasteiger partial charge in [0.1, 0.15) is 0 Å². The van der Waals surface area contributed by atoms with Crippen LogP contribution < -0.4 is 5.32 Å². The van der Waals surface area contributed by atoms with Crippen molar-refractivity contribution in [1.29, 1.82) is 0 Å². The van der Waals surface area contributed by atoms with Crippen LogP contribution in [0.15, 0.2) is 36.5 Å². The predicted octanol–water partition coefficient (Wildman–Crippen LogP) is 1.81. The number of allylic oxidation sites excluding steroid dienone is 3. The van der Waals surface area contributed by atoms with Gasteiger partial charge in [0.15, 0.2) is 0 Å². The van der Waals surface area contributed by atoms with E-state index in [4.69, 9.17) is 0 Å². The van der Waals surface area contributed by atoms with Gasteiger partial charge >= 0.3 is 0 Å². The summed E-state index contributed by atoms with van der Waals surface area (Å²) in [6.45, 7) is 9.98. The number of carbonyl (C=O) groups is 1. The van der Waals surface area contributed by atoms with Gasteiger partial charge in [-0.1, -0.05) is 25.3 Å². The standard InChI is InChI=1S/C10H15NO/c1-4-9(3)10(5-2)6-7-11-8-12/h4-5,8H,1-2,6-7H2,3H3,(H,11,12)/b10-9+. The second-order valence-corrected chi connectivity index (χ2v) is 2.44. The van der Waals surface area contributed by atoms with Crippen LogP contribution in [0.25, 0.3) is 0 Å². The van der Waals surface area contributed by atoms with E-state index >= 15 is 0 Å². The Morgan fingerprint density at radius 1 is 1.42 bits per heavy atom. The first-order valence-corrected chi connectivity index (χ1v) is 3.88. The van der Waals surface area contributed by atoms with Crippen LogP contribution >= 0.6 is 0 Å². The van der Waals surface area contributed by atoms with Gasteiger partial charge in [0.05, 0.1) is 0 Å². The Bertz CT molecular complexity index is 204. The summed E-state index contributed by atoms with van der Waals surface area (Å²) in [6, 6.07) is 0. The lowest BCUT2D eigenvalue weighted by Crippen LogP contribution is -2.12. The zero-order valence-corrected chi connectivity index (χ0v) is 7.47.